The number of aromatic nitrogens is 2. The first-order valence-corrected chi connectivity index (χ1v) is 7.78. The van der Waals surface area contributed by atoms with E-state index in [-0.39, 0.29) is 11.7 Å². The number of amides is 1. The number of halogens is 1. The lowest BCUT2D eigenvalue weighted by Crippen LogP contribution is -2.25. The molecule has 0 saturated carbocycles. The quantitative estimate of drug-likeness (QED) is 0.777. The van der Waals surface area contributed by atoms with Crippen LogP contribution < -0.4 is 10.1 Å². The van der Waals surface area contributed by atoms with E-state index in [1.165, 1.54) is 16.8 Å². The molecule has 3 aromatic rings. The lowest BCUT2D eigenvalue weighted by Gasteiger charge is -2.05. The first-order valence-electron chi connectivity index (χ1n) is 7.78. The summed E-state index contributed by atoms with van der Waals surface area (Å²) >= 11 is 0. The fourth-order valence-electron chi connectivity index (χ4n) is 2.54. The molecule has 1 N–H and O–H groups in total. The van der Waals surface area contributed by atoms with E-state index in [1.54, 1.807) is 32.4 Å². The summed E-state index contributed by atoms with van der Waals surface area (Å²) in [5.74, 6) is 0.141. The number of rotatable bonds is 5. The van der Waals surface area contributed by atoms with Crippen LogP contribution >= 0.6 is 0 Å². The molecule has 2 aromatic carbocycles. The van der Waals surface area contributed by atoms with Crippen molar-refractivity contribution in [2.24, 2.45) is 7.05 Å². The standard InChI is InChI=1S/C19H18FN3O2/c1-23-17(19(24)21-12-13-7-9-14(20)10-8-13)11-16(22-23)15-5-3-4-6-18(15)25-2/h3-11H,12H2,1-2H3,(H,21,24). The average molecular weight is 339 g/mol. The van der Waals surface area contributed by atoms with Crippen LogP contribution in [0, 0.1) is 5.82 Å². The molecular weight excluding hydrogens is 321 g/mol. The summed E-state index contributed by atoms with van der Waals surface area (Å²) in [5, 5.41) is 7.22. The Kier molecular flexibility index (Phi) is 4.79. The highest BCUT2D eigenvalue weighted by Crippen LogP contribution is 2.28. The monoisotopic (exact) mass is 339 g/mol. The molecule has 0 radical (unpaired) electrons. The molecule has 0 aliphatic carbocycles. The number of hydrogen-bond donors (Lipinski definition) is 1. The van der Waals surface area contributed by atoms with Crippen molar-refractivity contribution in [3.63, 3.8) is 0 Å². The summed E-state index contributed by atoms with van der Waals surface area (Å²) in [6, 6.07) is 15.2. The summed E-state index contributed by atoms with van der Waals surface area (Å²) in [6.07, 6.45) is 0. The number of benzene rings is 2. The number of nitrogens with zero attached hydrogens (tertiary/aromatic N) is 2. The van der Waals surface area contributed by atoms with Gasteiger partial charge in [-0.2, -0.15) is 5.10 Å². The summed E-state index contributed by atoms with van der Waals surface area (Å²) in [5.41, 5.74) is 2.73. The van der Waals surface area contributed by atoms with Gasteiger partial charge in [0.25, 0.3) is 5.91 Å². The minimum atomic E-state index is -0.303. The van der Waals surface area contributed by atoms with Crippen LogP contribution in [-0.2, 0) is 13.6 Å². The van der Waals surface area contributed by atoms with Gasteiger partial charge in [0.1, 0.15) is 17.3 Å². The Hall–Kier alpha value is -3.15. The number of para-hydroxylation sites is 1. The molecule has 0 aliphatic rings. The Bertz CT molecular complexity index is 888. The van der Waals surface area contributed by atoms with E-state index in [2.05, 4.69) is 10.4 Å². The lowest BCUT2D eigenvalue weighted by molar-refractivity contribution is 0.0941. The normalized spacial score (nSPS) is 10.5. The van der Waals surface area contributed by atoms with Gasteiger partial charge in [0.2, 0.25) is 0 Å². The van der Waals surface area contributed by atoms with E-state index in [0.29, 0.717) is 23.7 Å². The van der Waals surface area contributed by atoms with Crippen LogP contribution in [0.25, 0.3) is 11.3 Å². The molecule has 0 atom stereocenters. The Labute approximate surface area is 145 Å². The van der Waals surface area contributed by atoms with Gasteiger partial charge in [-0.15, -0.1) is 0 Å². The SMILES string of the molecule is COc1ccccc1-c1cc(C(=O)NCc2ccc(F)cc2)n(C)n1. The van der Waals surface area contributed by atoms with Crippen molar-refractivity contribution in [3.05, 3.63) is 71.7 Å². The third-order valence-corrected chi connectivity index (χ3v) is 3.86. The lowest BCUT2D eigenvalue weighted by atomic mass is 10.1. The van der Waals surface area contributed by atoms with Crippen LogP contribution in [0.5, 0.6) is 5.75 Å². The second kappa shape index (κ2) is 7.17. The zero-order valence-corrected chi connectivity index (χ0v) is 14.0. The molecule has 128 valence electrons. The van der Waals surface area contributed by atoms with Crippen molar-refractivity contribution in [3.8, 4) is 17.0 Å². The van der Waals surface area contributed by atoms with Crippen molar-refractivity contribution >= 4 is 5.91 Å². The van der Waals surface area contributed by atoms with Gasteiger partial charge in [-0.05, 0) is 35.9 Å². The second-order valence-electron chi connectivity index (χ2n) is 5.55. The molecule has 25 heavy (non-hydrogen) atoms. The second-order valence-corrected chi connectivity index (χ2v) is 5.55. The van der Waals surface area contributed by atoms with Crippen molar-refractivity contribution in [2.75, 3.05) is 7.11 Å². The molecule has 1 aromatic heterocycles. The zero-order valence-electron chi connectivity index (χ0n) is 14.0. The van der Waals surface area contributed by atoms with Gasteiger partial charge in [0.05, 0.1) is 12.8 Å². The summed E-state index contributed by atoms with van der Waals surface area (Å²) in [4.78, 5) is 12.4. The van der Waals surface area contributed by atoms with Crippen molar-refractivity contribution in [1.82, 2.24) is 15.1 Å². The molecule has 0 saturated heterocycles. The first-order chi connectivity index (χ1) is 12.1. The minimum absolute atomic E-state index is 0.250. The van der Waals surface area contributed by atoms with Crippen LogP contribution in [0.2, 0.25) is 0 Å². The fraction of sp³-hybridized carbons (Fsp3) is 0.158. The molecule has 0 unspecified atom stereocenters. The maximum absolute atomic E-state index is 12.9. The molecule has 0 fully saturated rings. The van der Waals surface area contributed by atoms with E-state index >= 15 is 0 Å². The van der Waals surface area contributed by atoms with Gasteiger partial charge in [0.15, 0.2) is 0 Å². The van der Waals surface area contributed by atoms with Gasteiger partial charge in [-0.1, -0.05) is 24.3 Å². The topological polar surface area (TPSA) is 56.1 Å². The van der Waals surface area contributed by atoms with Crippen LogP contribution in [0.3, 0.4) is 0 Å². The van der Waals surface area contributed by atoms with Crippen LogP contribution in [-0.4, -0.2) is 22.8 Å². The van der Waals surface area contributed by atoms with Crippen molar-refractivity contribution < 1.29 is 13.9 Å². The predicted octanol–water partition coefficient (Wildman–Crippen LogP) is 3.16. The zero-order chi connectivity index (χ0) is 17.8. The Morgan fingerprint density at radius 2 is 1.92 bits per heavy atom. The smallest absolute Gasteiger partial charge is 0.269 e. The van der Waals surface area contributed by atoms with Gasteiger partial charge in [-0.3, -0.25) is 9.48 Å². The summed E-state index contributed by atoms with van der Waals surface area (Å²) < 4.78 is 19.8. The molecule has 1 amide bonds. The van der Waals surface area contributed by atoms with E-state index in [1.807, 2.05) is 24.3 Å². The first kappa shape index (κ1) is 16.7. The van der Waals surface area contributed by atoms with E-state index < -0.39 is 0 Å². The number of ether oxygens (including phenoxy) is 1. The minimum Gasteiger partial charge on any atom is -0.496 e. The summed E-state index contributed by atoms with van der Waals surface area (Å²) in [7, 11) is 3.31. The van der Waals surface area contributed by atoms with E-state index in [9.17, 15) is 9.18 Å². The number of hydrogen-bond acceptors (Lipinski definition) is 3. The van der Waals surface area contributed by atoms with Gasteiger partial charge >= 0.3 is 0 Å². The van der Waals surface area contributed by atoms with Crippen molar-refractivity contribution in [1.29, 1.82) is 0 Å². The number of carbonyl (C=O) groups is 1. The molecule has 0 spiro atoms. The number of carbonyl (C=O) groups excluding carboxylic acids is 1. The number of nitrogens with one attached hydrogen (secondary N) is 1. The van der Waals surface area contributed by atoms with Crippen LogP contribution in [0.15, 0.2) is 54.6 Å². The predicted molar refractivity (Wildman–Crippen MR) is 92.8 cm³/mol. The third-order valence-electron chi connectivity index (χ3n) is 3.86. The maximum atomic E-state index is 12.9. The van der Waals surface area contributed by atoms with E-state index in [0.717, 1.165) is 11.1 Å². The molecule has 3 rings (SSSR count). The maximum Gasteiger partial charge on any atom is 0.269 e. The molecular formula is C19H18FN3O2. The Morgan fingerprint density at radius 3 is 2.64 bits per heavy atom. The highest BCUT2D eigenvalue weighted by atomic mass is 19.1. The Balaban J connectivity index is 1.77. The number of methoxy groups -OCH3 is 1. The van der Waals surface area contributed by atoms with Crippen LogP contribution in [0.4, 0.5) is 4.39 Å². The van der Waals surface area contributed by atoms with Gasteiger partial charge < -0.3 is 10.1 Å². The van der Waals surface area contributed by atoms with E-state index in [4.69, 9.17) is 4.74 Å². The molecule has 0 bridgehead atoms. The summed E-state index contributed by atoms with van der Waals surface area (Å²) in [6.45, 7) is 0.314. The van der Waals surface area contributed by atoms with Crippen molar-refractivity contribution in [2.45, 2.75) is 6.54 Å². The molecule has 1 heterocycles. The van der Waals surface area contributed by atoms with Gasteiger partial charge in [0, 0.05) is 19.2 Å². The third kappa shape index (κ3) is 3.68. The van der Waals surface area contributed by atoms with Crippen LogP contribution in [0.1, 0.15) is 16.1 Å². The molecule has 5 nitrogen and oxygen atoms in total. The molecule has 0 aliphatic heterocycles. The average Bonchev–Trinajstić information content (AvgIpc) is 3.02. The van der Waals surface area contributed by atoms with Gasteiger partial charge in [-0.25, -0.2) is 4.39 Å². The Morgan fingerprint density at radius 1 is 1.20 bits per heavy atom. The highest BCUT2D eigenvalue weighted by molar-refractivity contribution is 5.93. The molecule has 6 heteroatoms. The highest BCUT2D eigenvalue weighted by Gasteiger charge is 2.16. The largest absolute Gasteiger partial charge is 0.496 e. The fourth-order valence-corrected chi connectivity index (χ4v) is 2.54. The number of aryl methyl sites for hydroxylation is 1.